The Labute approximate surface area is 115 Å². The van der Waals surface area contributed by atoms with E-state index in [2.05, 4.69) is 0 Å². The number of alkyl halides is 1. The first kappa shape index (κ1) is 13.8. The van der Waals surface area contributed by atoms with Gasteiger partial charge in [0.05, 0.1) is 12.5 Å². The van der Waals surface area contributed by atoms with E-state index in [4.69, 9.17) is 16.3 Å². The molecule has 0 spiro atoms. The predicted molar refractivity (Wildman–Crippen MR) is 71.8 cm³/mol. The molecule has 0 aliphatic heterocycles. The molecule has 19 heavy (non-hydrogen) atoms. The fourth-order valence-corrected chi connectivity index (χ4v) is 2.33. The van der Waals surface area contributed by atoms with Crippen molar-refractivity contribution < 1.29 is 13.5 Å². The minimum atomic E-state index is -0.633. The third kappa shape index (κ3) is 3.04. The molecule has 0 aliphatic carbocycles. The molecule has 1 atom stereocenters. The maximum Gasteiger partial charge on any atom is 0.126 e. The Balaban J connectivity index is 2.40. The molecule has 0 saturated carbocycles. The van der Waals surface area contributed by atoms with Crippen LogP contribution in [0.25, 0.3) is 0 Å². The van der Waals surface area contributed by atoms with Gasteiger partial charge in [-0.25, -0.2) is 8.78 Å². The average molecular weight is 283 g/mol. The van der Waals surface area contributed by atoms with Crippen LogP contribution < -0.4 is 4.74 Å². The van der Waals surface area contributed by atoms with Crippen molar-refractivity contribution in [2.24, 2.45) is 0 Å². The highest BCUT2D eigenvalue weighted by Gasteiger charge is 2.15. The second kappa shape index (κ2) is 5.57. The number of hydrogen-bond acceptors (Lipinski definition) is 1. The molecule has 2 aromatic carbocycles. The van der Waals surface area contributed by atoms with Crippen molar-refractivity contribution in [2.75, 3.05) is 7.11 Å². The molecular weight excluding hydrogens is 270 g/mol. The summed E-state index contributed by atoms with van der Waals surface area (Å²) < 4.78 is 31.5. The summed E-state index contributed by atoms with van der Waals surface area (Å²) in [7, 11) is 1.58. The first-order valence-corrected chi connectivity index (χ1v) is 6.19. The quantitative estimate of drug-likeness (QED) is 0.747. The highest BCUT2D eigenvalue weighted by atomic mass is 35.5. The van der Waals surface area contributed by atoms with Gasteiger partial charge in [0.15, 0.2) is 0 Å². The summed E-state index contributed by atoms with van der Waals surface area (Å²) in [6.07, 6.45) is 0. The Morgan fingerprint density at radius 3 is 2.21 bits per heavy atom. The summed E-state index contributed by atoms with van der Waals surface area (Å²) >= 11 is 6.30. The third-order valence-electron chi connectivity index (χ3n) is 2.93. The van der Waals surface area contributed by atoms with E-state index in [0.29, 0.717) is 5.56 Å². The SMILES string of the molecule is COc1ccc(C(Cl)c2cc(F)cc(F)c2)c(C)c1. The van der Waals surface area contributed by atoms with Gasteiger partial charge in [0.2, 0.25) is 0 Å². The summed E-state index contributed by atoms with van der Waals surface area (Å²) in [6.45, 7) is 1.88. The van der Waals surface area contributed by atoms with E-state index >= 15 is 0 Å². The molecule has 0 N–H and O–H groups in total. The van der Waals surface area contributed by atoms with Crippen LogP contribution >= 0.6 is 11.6 Å². The van der Waals surface area contributed by atoms with Gasteiger partial charge in [-0.15, -0.1) is 11.6 Å². The van der Waals surface area contributed by atoms with Gasteiger partial charge < -0.3 is 4.74 Å². The number of rotatable bonds is 3. The monoisotopic (exact) mass is 282 g/mol. The van der Waals surface area contributed by atoms with Gasteiger partial charge in [0.25, 0.3) is 0 Å². The van der Waals surface area contributed by atoms with E-state index in [-0.39, 0.29) is 0 Å². The summed E-state index contributed by atoms with van der Waals surface area (Å²) in [6, 6.07) is 8.71. The van der Waals surface area contributed by atoms with Crippen molar-refractivity contribution in [3.63, 3.8) is 0 Å². The van der Waals surface area contributed by atoms with E-state index in [0.717, 1.165) is 22.9 Å². The van der Waals surface area contributed by atoms with E-state index in [1.165, 1.54) is 12.1 Å². The van der Waals surface area contributed by atoms with Crippen LogP contribution in [0.5, 0.6) is 5.75 Å². The lowest BCUT2D eigenvalue weighted by molar-refractivity contribution is 0.414. The molecule has 100 valence electrons. The molecule has 0 amide bonds. The Morgan fingerprint density at radius 1 is 1.05 bits per heavy atom. The maximum absolute atomic E-state index is 13.2. The first-order valence-electron chi connectivity index (χ1n) is 5.76. The molecule has 0 heterocycles. The van der Waals surface area contributed by atoms with E-state index < -0.39 is 17.0 Å². The van der Waals surface area contributed by atoms with Crippen molar-refractivity contribution in [1.29, 1.82) is 0 Å². The van der Waals surface area contributed by atoms with Gasteiger partial charge in [-0.1, -0.05) is 6.07 Å². The largest absolute Gasteiger partial charge is 0.497 e. The van der Waals surface area contributed by atoms with Crippen molar-refractivity contribution in [3.8, 4) is 5.75 Å². The summed E-state index contributed by atoms with van der Waals surface area (Å²) in [5.74, 6) is -0.547. The molecule has 0 aliphatic rings. The summed E-state index contributed by atoms with van der Waals surface area (Å²) in [4.78, 5) is 0. The highest BCUT2D eigenvalue weighted by molar-refractivity contribution is 6.22. The van der Waals surface area contributed by atoms with Gasteiger partial charge in [-0.2, -0.15) is 0 Å². The number of benzene rings is 2. The van der Waals surface area contributed by atoms with Crippen LogP contribution in [0.15, 0.2) is 36.4 Å². The van der Waals surface area contributed by atoms with Gasteiger partial charge in [0.1, 0.15) is 17.4 Å². The molecule has 2 rings (SSSR count). The van der Waals surface area contributed by atoms with Crippen molar-refractivity contribution >= 4 is 11.6 Å². The van der Waals surface area contributed by atoms with Gasteiger partial charge in [-0.3, -0.25) is 0 Å². The minimum absolute atomic E-state index is 0.396. The topological polar surface area (TPSA) is 9.23 Å². The second-order valence-electron chi connectivity index (χ2n) is 4.29. The molecule has 0 aromatic heterocycles. The van der Waals surface area contributed by atoms with E-state index in [1.54, 1.807) is 19.2 Å². The van der Waals surface area contributed by atoms with Gasteiger partial charge in [0, 0.05) is 6.07 Å². The lowest BCUT2D eigenvalue weighted by Crippen LogP contribution is -1.98. The van der Waals surface area contributed by atoms with E-state index in [9.17, 15) is 8.78 Å². The summed E-state index contributed by atoms with van der Waals surface area (Å²) in [5, 5.41) is -0.601. The molecule has 0 radical (unpaired) electrons. The standard InChI is InChI=1S/C15H13ClF2O/c1-9-5-13(19-2)3-4-14(9)15(16)10-6-11(17)8-12(18)7-10/h3-8,15H,1-2H3. The third-order valence-corrected chi connectivity index (χ3v) is 3.41. The Hall–Kier alpha value is -1.61. The van der Waals surface area contributed by atoms with Crippen molar-refractivity contribution in [1.82, 2.24) is 0 Å². The maximum atomic E-state index is 13.2. The molecule has 0 fully saturated rings. The smallest absolute Gasteiger partial charge is 0.126 e. The zero-order chi connectivity index (χ0) is 14.0. The van der Waals surface area contributed by atoms with Crippen LogP contribution in [-0.2, 0) is 0 Å². The molecule has 4 heteroatoms. The highest BCUT2D eigenvalue weighted by Crippen LogP contribution is 2.33. The van der Waals surface area contributed by atoms with Crippen LogP contribution in [0, 0.1) is 18.6 Å². The van der Waals surface area contributed by atoms with Crippen LogP contribution in [-0.4, -0.2) is 7.11 Å². The minimum Gasteiger partial charge on any atom is -0.497 e. The van der Waals surface area contributed by atoms with Crippen LogP contribution in [0.2, 0.25) is 0 Å². The lowest BCUT2D eigenvalue weighted by atomic mass is 9.99. The molecule has 0 saturated heterocycles. The van der Waals surface area contributed by atoms with Crippen LogP contribution in [0.1, 0.15) is 22.1 Å². The van der Waals surface area contributed by atoms with Crippen LogP contribution in [0.4, 0.5) is 8.78 Å². The number of hydrogen-bond donors (Lipinski definition) is 0. The fraction of sp³-hybridized carbons (Fsp3) is 0.200. The van der Waals surface area contributed by atoms with Crippen molar-refractivity contribution in [2.45, 2.75) is 12.3 Å². The number of ether oxygens (including phenoxy) is 1. The molecule has 1 nitrogen and oxygen atoms in total. The van der Waals surface area contributed by atoms with E-state index in [1.807, 2.05) is 13.0 Å². The lowest BCUT2D eigenvalue weighted by Gasteiger charge is -2.14. The number of aryl methyl sites for hydroxylation is 1. The molecular formula is C15H13ClF2O. The molecule has 1 unspecified atom stereocenters. The number of halogens is 3. The molecule has 2 aromatic rings. The Kier molecular flexibility index (Phi) is 4.05. The Bertz CT molecular complexity index is 578. The first-order chi connectivity index (χ1) is 9.01. The van der Waals surface area contributed by atoms with Crippen LogP contribution in [0.3, 0.4) is 0 Å². The second-order valence-corrected chi connectivity index (χ2v) is 4.72. The fourth-order valence-electron chi connectivity index (χ4n) is 1.96. The van der Waals surface area contributed by atoms with Gasteiger partial charge in [-0.05, 0) is 47.9 Å². The zero-order valence-electron chi connectivity index (χ0n) is 10.6. The number of methoxy groups -OCH3 is 1. The van der Waals surface area contributed by atoms with Gasteiger partial charge >= 0.3 is 0 Å². The normalized spacial score (nSPS) is 12.3. The summed E-state index contributed by atoms with van der Waals surface area (Å²) in [5.41, 5.74) is 2.10. The Morgan fingerprint density at radius 2 is 1.68 bits per heavy atom. The average Bonchev–Trinajstić information content (AvgIpc) is 2.36. The zero-order valence-corrected chi connectivity index (χ0v) is 11.3. The van der Waals surface area contributed by atoms with Crippen molar-refractivity contribution in [3.05, 3.63) is 64.7 Å². The molecule has 0 bridgehead atoms. The predicted octanol–water partition coefficient (Wildman–Crippen LogP) is 4.61.